The highest BCUT2D eigenvalue weighted by Gasteiger charge is 2.23. The predicted octanol–water partition coefficient (Wildman–Crippen LogP) is 4.41. The summed E-state index contributed by atoms with van der Waals surface area (Å²) in [5, 5.41) is 3.63. The Morgan fingerprint density at radius 2 is 1.75 bits per heavy atom. The molecule has 0 radical (unpaired) electrons. The van der Waals surface area contributed by atoms with Crippen LogP contribution in [0.2, 0.25) is 0 Å². The van der Waals surface area contributed by atoms with E-state index in [0.717, 1.165) is 35.1 Å². The second-order valence-corrected chi connectivity index (χ2v) is 5.06. The molecule has 0 aliphatic heterocycles. The van der Waals surface area contributed by atoms with Crippen LogP contribution >= 0.6 is 15.9 Å². The van der Waals surface area contributed by atoms with Gasteiger partial charge in [-0.1, -0.05) is 20.8 Å². The number of hydrogen-bond acceptors (Lipinski definition) is 2. The summed E-state index contributed by atoms with van der Waals surface area (Å²) in [7, 11) is 0. The SMILES string of the molecule is CCC(CC)(CC)Nc1ccc(N)cc1Br. The number of benzene rings is 1. The molecule has 0 unspecified atom stereocenters. The zero-order chi connectivity index (χ0) is 12.2. The Morgan fingerprint density at radius 1 is 1.19 bits per heavy atom. The molecule has 1 rings (SSSR count). The molecule has 0 atom stereocenters. The maximum absolute atomic E-state index is 5.73. The van der Waals surface area contributed by atoms with Crippen LogP contribution in [0.3, 0.4) is 0 Å². The second-order valence-electron chi connectivity index (χ2n) is 4.21. The molecule has 0 saturated carbocycles. The van der Waals surface area contributed by atoms with Crippen molar-refractivity contribution in [3.63, 3.8) is 0 Å². The van der Waals surface area contributed by atoms with Crippen LogP contribution < -0.4 is 11.1 Å². The lowest BCUT2D eigenvalue weighted by Gasteiger charge is -2.33. The maximum Gasteiger partial charge on any atom is 0.0490 e. The van der Waals surface area contributed by atoms with E-state index in [4.69, 9.17) is 5.73 Å². The van der Waals surface area contributed by atoms with E-state index >= 15 is 0 Å². The Kier molecular flexibility index (Phi) is 4.66. The molecule has 3 N–H and O–H groups in total. The Morgan fingerprint density at radius 3 is 2.19 bits per heavy atom. The largest absolute Gasteiger partial charge is 0.399 e. The van der Waals surface area contributed by atoms with Gasteiger partial charge in [0.25, 0.3) is 0 Å². The molecular weight excluding hydrogens is 264 g/mol. The highest BCUT2D eigenvalue weighted by molar-refractivity contribution is 9.10. The molecule has 2 nitrogen and oxygen atoms in total. The fraction of sp³-hybridized carbons (Fsp3) is 0.538. The molecule has 0 spiro atoms. The van der Waals surface area contributed by atoms with Crippen LogP contribution in [-0.4, -0.2) is 5.54 Å². The molecule has 0 aliphatic carbocycles. The zero-order valence-electron chi connectivity index (χ0n) is 10.3. The number of nitrogen functional groups attached to an aromatic ring is 1. The predicted molar refractivity (Wildman–Crippen MR) is 75.8 cm³/mol. The lowest BCUT2D eigenvalue weighted by Crippen LogP contribution is -2.36. The van der Waals surface area contributed by atoms with Crippen molar-refractivity contribution in [1.29, 1.82) is 0 Å². The van der Waals surface area contributed by atoms with Crippen molar-refractivity contribution in [1.82, 2.24) is 0 Å². The van der Waals surface area contributed by atoms with Gasteiger partial charge in [0.2, 0.25) is 0 Å². The first-order chi connectivity index (χ1) is 7.56. The third-order valence-corrected chi connectivity index (χ3v) is 4.08. The number of hydrogen-bond donors (Lipinski definition) is 2. The zero-order valence-corrected chi connectivity index (χ0v) is 11.9. The molecule has 1 aromatic carbocycles. The van der Waals surface area contributed by atoms with Gasteiger partial charge in [0.15, 0.2) is 0 Å². The van der Waals surface area contributed by atoms with E-state index < -0.39 is 0 Å². The first-order valence-electron chi connectivity index (χ1n) is 5.90. The molecule has 3 heteroatoms. The first-order valence-corrected chi connectivity index (χ1v) is 6.69. The molecule has 0 saturated heterocycles. The fourth-order valence-corrected chi connectivity index (χ4v) is 2.43. The van der Waals surface area contributed by atoms with Crippen molar-refractivity contribution in [3.05, 3.63) is 22.7 Å². The lowest BCUT2D eigenvalue weighted by molar-refractivity contribution is 0.420. The van der Waals surface area contributed by atoms with Crippen molar-refractivity contribution < 1.29 is 0 Å². The van der Waals surface area contributed by atoms with Crippen LogP contribution in [0.25, 0.3) is 0 Å². The molecule has 0 bridgehead atoms. The Labute approximate surface area is 107 Å². The highest BCUT2D eigenvalue weighted by atomic mass is 79.9. The minimum Gasteiger partial charge on any atom is -0.399 e. The van der Waals surface area contributed by atoms with Gasteiger partial charge in [0.1, 0.15) is 0 Å². The van der Waals surface area contributed by atoms with Crippen molar-refractivity contribution in [2.24, 2.45) is 0 Å². The number of anilines is 2. The summed E-state index contributed by atoms with van der Waals surface area (Å²) in [5.41, 5.74) is 7.83. The van der Waals surface area contributed by atoms with Gasteiger partial charge in [-0.15, -0.1) is 0 Å². The molecule has 16 heavy (non-hydrogen) atoms. The average molecular weight is 285 g/mol. The van der Waals surface area contributed by atoms with Gasteiger partial charge >= 0.3 is 0 Å². The summed E-state index contributed by atoms with van der Waals surface area (Å²) >= 11 is 3.54. The summed E-state index contributed by atoms with van der Waals surface area (Å²) in [5.74, 6) is 0. The lowest BCUT2D eigenvalue weighted by atomic mass is 9.89. The molecule has 0 aromatic heterocycles. The Hall–Kier alpha value is -0.700. The number of nitrogens with one attached hydrogen (secondary N) is 1. The van der Waals surface area contributed by atoms with Crippen LogP contribution in [0.1, 0.15) is 40.0 Å². The van der Waals surface area contributed by atoms with Gasteiger partial charge < -0.3 is 11.1 Å². The summed E-state index contributed by atoms with van der Waals surface area (Å²) in [4.78, 5) is 0. The van der Waals surface area contributed by atoms with E-state index in [0.29, 0.717) is 0 Å². The smallest absolute Gasteiger partial charge is 0.0490 e. The van der Waals surface area contributed by atoms with Crippen LogP contribution in [0.4, 0.5) is 11.4 Å². The summed E-state index contributed by atoms with van der Waals surface area (Å²) < 4.78 is 1.03. The van der Waals surface area contributed by atoms with Crippen LogP contribution in [0, 0.1) is 0 Å². The molecule has 1 aromatic rings. The third kappa shape index (κ3) is 2.91. The third-order valence-electron chi connectivity index (χ3n) is 3.42. The van der Waals surface area contributed by atoms with Gasteiger partial charge in [-0.2, -0.15) is 0 Å². The Bertz CT molecular complexity index is 338. The van der Waals surface area contributed by atoms with E-state index in [2.05, 4.69) is 42.0 Å². The van der Waals surface area contributed by atoms with Crippen LogP contribution in [0.5, 0.6) is 0 Å². The number of halogens is 1. The quantitative estimate of drug-likeness (QED) is 0.786. The summed E-state index contributed by atoms with van der Waals surface area (Å²) in [6.07, 6.45) is 3.37. The molecular formula is C13H21BrN2. The van der Waals surface area contributed by atoms with Crippen LogP contribution in [0.15, 0.2) is 22.7 Å². The standard InChI is InChI=1S/C13H21BrN2/c1-4-13(5-2,6-3)16-12-8-7-10(15)9-11(12)14/h7-9,16H,4-6,15H2,1-3H3. The number of nitrogens with two attached hydrogens (primary N) is 1. The molecule has 0 amide bonds. The van der Waals surface area contributed by atoms with Crippen molar-refractivity contribution >= 4 is 27.3 Å². The minimum atomic E-state index is 0.193. The average Bonchev–Trinajstić information content (AvgIpc) is 2.29. The van der Waals surface area contributed by atoms with E-state index in [1.54, 1.807) is 0 Å². The topological polar surface area (TPSA) is 38.0 Å². The van der Waals surface area contributed by atoms with Gasteiger partial charge in [0.05, 0.1) is 0 Å². The fourth-order valence-electron chi connectivity index (χ4n) is 1.93. The van der Waals surface area contributed by atoms with Crippen LogP contribution in [-0.2, 0) is 0 Å². The van der Waals surface area contributed by atoms with E-state index in [1.165, 1.54) is 0 Å². The van der Waals surface area contributed by atoms with E-state index in [-0.39, 0.29) is 5.54 Å². The van der Waals surface area contributed by atoms with Gasteiger partial charge in [0, 0.05) is 21.4 Å². The van der Waals surface area contributed by atoms with Gasteiger partial charge in [-0.05, 0) is 53.4 Å². The molecule has 0 fully saturated rings. The molecule has 0 heterocycles. The summed E-state index contributed by atoms with van der Waals surface area (Å²) in [6.45, 7) is 6.68. The number of rotatable bonds is 5. The summed E-state index contributed by atoms with van der Waals surface area (Å²) in [6, 6.07) is 5.90. The monoisotopic (exact) mass is 284 g/mol. The second kappa shape index (κ2) is 5.58. The van der Waals surface area contributed by atoms with Crippen molar-refractivity contribution in [2.45, 2.75) is 45.6 Å². The van der Waals surface area contributed by atoms with E-state index in [1.807, 2.05) is 18.2 Å². The Balaban J connectivity index is 2.93. The van der Waals surface area contributed by atoms with Gasteiger partial charge in [-0.3, -0.25) is 0 Å². The van der Waals surface area contributed by atoms with E-state index in [9.17, 15) is 0 Å². The maximum atomic E-state index is 5.73. The van der Waals surface area contributed by atoms with Gasteiger partial charge in [-0.25, -0.2) is 0 Å². The van der Waals surface area contributed by atoms with Crippen molar-refractivity contribution in [3.8, 4) is 0 Å². The molecule has 0 aliphatic rings. The first kappa shape index (κ1) is 13.4. The van der Waals surface area contributed by atoms with Crippen molar-refractivity contribution in [2.75, 3.05) is 11.1 Å². The molecule has 90 valence electrons. The highest BCUT2D eigenvalue weighted by Crippen LogP contribution is 2.31. The normalized spacial score (nSPS) is 11.5. The minimum absolute atomic E-state index is 0.193.